The molecular weight excluding hydrogens is 367 g/mol. The van der Waals surface area contributed by atoms with Crippen molar-refractivity contribution in [2.45, 2.75) is 18.8 Å². The molecule has 1 unspecified atom stereocenters. The van der Waals surface area contributed by atoms with Crippen LogP contribution in [0.1, 0.15) is 21.8 Å². The number of nitrogens with zero attached hydrogens (tertiary/aromatic N) is 1. The summed E-state index contributed by atoms with van der Waals surface area (Å²) in [6, 6.07) is 9.81. The second-order valence-electron chi connectivity index (χ2n) is 6.65. The highest BCUT2D eigenvalue weighted by Crippen LogP contribution is 2.47. The van der Waals surface area contributed by atoms with Gasteiger partial charge in [0, 0.05) is 17.5 Å². The van der Waals surface area contributed by atoms with Crippen LogP contribution < -0.4 is 14.8 Å². The van der Waals surface area contributed by atoms with Crippen LogP contribution >= 0.6 is 11.3 Å². The van der Waals surface area contributed by atoms with Crippen molar-refractivity contribution in [3.8, 4) is 11.5 Å². The van der Waals surface area contributed by atoms with E-state index in [9.17, 15) is 9.18 Å². The van der Waals surface area contributed by atoms with Crippen molar-refractivity contribution in [3.05, 3.63) is 69.4 Å². The molecule has 3 aromatic rings. The highest BCUT2D eigenvalue weighted by molar-refractivity contribution is 7.09. The first-order valence-electron chi connectivity index (χ1n) is 8.49. The van der Waals surface area contributed by atoms with Gasteiger partial charge in [0.1, 0.15) is 11.2 Å². The monoisotopic (exact) mass is 382 g/mol. The van der Waals surface area contributed by atoms with Crippen LogP contribution in [-0.4, -0.2) is 17.7 Å². The summed E-state index contributed by atoms with van der Waals surface area (Å²) in [6.45, 7) is 2.07. The molecule has 5 nitrogen and oxygen atoms in total. The molecule has 5 rings (SSSR count). The number of anilines is 1. The van der Waals surface area contributed by atoms with Crippen molar-refractivity contribution in [1.29, 1.82) is 0 Å². The summed E-state index contributed by atoms with van der Waals surface area (Å²) in [7, 11) is 0. The molecule has 0 radical (unpaired) electrons. The van der Waals surface area contributed by atoms with Crippen LogP contribution in [0.5, 0.6) is 11.5 Å². The Hall–Kier alpha value is -2.93. The Labute approximate surface area is 158 Å². The van der Waals surface area contributed by atoms with Crippen molar-refractivity contribution in [1.82, 2.24) is 4.98 Å². The number of hydrogen-bond donors (Lipinski definition) is 1. The Kier molecular flexibility index (Phi) is 3.48. The Balaban J connectivity index is 1.74. The molecular formula is C20H15FN2O3S. The van der Waals surface area contributed by atoms with Gasteiger partial charge in [0.2, 0.25) is 12.7 Å². The maximum absolute atomic E-state index is 14.1. The van der Waals surface area contributed by atoms with Crippen molar-refractivity contribution >= 4 is 22.9 Å². The van der Waals surface area contributed by atoms with Crippen molar-refractivity contribution in [3.63, 3.8) is 0 Å². The average molecular weight is 382 g/mol. The molecule has 3 heterocycles. The van der Waals surface area contributed by atoms with E-state index in [2.05, 4.69) is 10.3 Å². The van der Waals surface area contributed by atoms with E-state index < -0.39 is 5.41 Å². The van der Waals surface area contributed by atoms with Gasteiger partial charge in [0.05, 0.1) is 10.7 Å². The van der Waals surface area contributed by atoms with Gasteiger partial charge in [-0.05, 0) is 48.4 Å². The number of aromatic nitrogens is 1. The predicted molar refractivity (Wildman–Crippen MR) is 98.9 cm³/mol. The third kappa shape index (κ3) is 2.42. The van der Waals surface area contributed by atoms with E-state index in [1.165, 1.54) is 23.5 Å². The smallest absolute Gasteiger partial charge is 0.239 e. The lowest BCUT2D eigenvalue weighted by atomic mass is 9.72. The highest BCUT2D eigenvalue weighted by Gasteiger charge is 2.49. The maximum atomic E-state index is 14.1. The summed E-state index contributed by atoms with van der Waals surface area (Å²) < 4.78 is 25.0. The number of carbonyl (C=O) groups is 1. The van der Waals surface area contributed by atoms with Gasteiger partial charge in [-0.3, -0.25) is 4.79 Å². The van der Waals surface area contributed by atoms with Gasteiger partial charge in [-0.15, -0.1) is 11.3 Å². The van der Waals surface area contributed by atoms with Crippen molar-refractivity contribution < 1.29 is 18.7 Å². The molecule has 1 atom stereocenters. The van der Waals surface area contributed by atoms with Gasteiger partial charge in [0.15, 0.2) is 11.5 Å². The first-order valence-corrected chi connectivity index (χ1v) is 9.37. The zero-order valence-corrected chi connectivity index (χ0v) is 15.2. The van der Waals surface area contributed by atoms with E-state index in [1.807, 2.05) is 18.4 Å². The minimum atomic E-state index is -1.08. The zero-order chi connectivity index (χ0) is 18.6. The topological polar surface area (TPSA) is 60.5 Å². The van der Waals surface area contributed by atoms with E-state index in [0.29, 0.717) is 29.2 Å². The molecule has 2 aliphatic rings. The quantitative estimate of drug-likeness (QED) is 0.749. The number of hydrogen-bond acceptors (Lipinski definition) is 5. The highest BCUT2D eigenvalue weighted by atomic mass is 32.1. The SMILES string of the molecule is Cc1nc(CC2(c3ccc4c(c3)OCO4)C(=O)Nc3ccc(F)cc32)cs1. The molecule has 0 bridgehead atoms. The summed E-state index contributed by atoms with van der Waals surface area (Å²) in [6.07, 6.45) is 0.333. The molecule has 1 aromatic heterocycles. The molecule has 0 saturated heterocycles. The van der Waals surface area contributed by atoms with Crippen LogP contribution in [-0.2, 0) is 16.6 Å². The number of amides is 1. The molecule has 2 aromatic carbocycles. The van der Waals surface area contributed by atoms with Crippen LogP contribution in [0.3, 0.4) is 0 Å². The number of aryl methyl sites for hydroxylation is 1. The molecule has 0 fully saturated rings. The molecule has 27 heavy (non-hydrogen) atoms. The summed E-state index contributed by atoms with van der Waals surface area (Å²) in [5, 5.41) is 5.77. The lowest BCUT2D eigenvalue weighted by Gasteiger charge is -2.28. The fourth-order valence-corrected chi connectivity index (χ4v) is 4.43. The zero-order valence-electron chi connectivity index (χ0n) is 14.4. The molecule has 1 N–H and O–H groups in total. The molecule has 0 saturated carbocycles. The molecule has 1 amide bonds. The third-order valence-electron chi connectivity index (χ3n) is 5.06. The molecule has 2 aliphatic heterocycles. The number of carbonyl (C=O) groups excluding carboxylic acids is 1. The second-order valence-corrected chi connectivity index (χ2v) is 7.71. The predicted octanol–water partition coefficient (Wildman–Crippen LogP) is 3.80. The van der Waals surface area contributed by atoms with Gasteiger partial charge in [-0.1, -0.05) is 6.07 Å². The fourth-order valence-electron chi connectivity index (χ4n) is 3.82. The number of ether oxygens (including phenoxy) is 2. The van der Waals surface area contributed by atoms with Gasteiger partial charge in [-0.2, -0.15) is 0 Å². The van der Waals surface area contributed by atoms with Crippen LogP contribution in [0.25, 0.3) is 0 Å². The Morgan fingerprint density at radius 3 is 2.89 bits per heavy atom. The minimum absolute atomic E-state index is 0.147. The van der Waals surface area contributed by atoms with Crippen LogP contribution in [0.4, 0.5) is 10.1 Å². The first-order chi connectivity index (χ1) is 13.1. The number of fused-ring (bicyclic) bond motifs is 2. The average Bonchev–Trinajstić information content (AvgIpc) is 3.34. The lowest BCUT2D eigenvalue weighted by molar-refractivity contribution is -0.119. The van der Waals surface area contributed by atoms with Crippen molar-refractivity contribution in [2.75, 3.05) is 12.1 Å². The minimum Gasteiger partial charge on any atom is -0.454 e. The van der Waals surface area contributed by atoms with E-state index in [4.69, 9.17) is 9.47 Å². The molecule has 0 spiro atoms. The van der Waals surface area contributed by atoms with E-state index in [-0.39, 0.29) is 18.5 Å². The van der Waals surface area contributed by atoms with E-state index in [1.54, 1.807) is 18.2 Å². The fraction of sp³-hybridized carbons (Fsp3) is 0.200. The summed E-state index contributed by atoms with van der Waals surface area (Å²) in [4.78, 5) is 17.8. The van der Waals surface area contributed by atoms with Gasteiger partial charge in [-0.25, -0.2) is 9.37 Å². The van der Waals surface area contributed by atoms with Gasteiger partial charge >= 0.3 is 0 Å². The first kappa shape index (κ1) is 16.3. The standard InChI is InChI=1S/C20H15FN2O3S/c1-11-22-14(9-27-11)8-20(12-2-5-17-18(6-12)26-10-25-17)15-7-13(21)3-4-16(15)23-19(20)24/h2-7,9H,8,10H2,1H3,(H,23,24). The Bertz CT molecular complexity index is 1080. The van der Waals surface area contributed by atoms with Gasteiger partial charge in [0.25, 0.3) is 0 Å². The van der Waals surface area contributed by atoms with Crippen LogP contribution in [0.2, 0.25) is 0 Å². The summed E-state index contributed by atoms with van der Waals surface area (Å²) in [5.41, 5.74) is 1.66. The number of halogens is 1. The molecule has 0 aliphatic carbocycles. The van der Waals surface area contributed by atoms with Gasteiger partial charge < -0.3 is 14.8 Å². The molecule has 136 valence electrons. The number of benzene rings is 2. The summed E-state index contributed by atoms with van der Waals surface area (Å²) in [5.74, 6) is 0.632. The van der Waals surface area contributed by atoms with E-state index in [0.717, 1.165) is 16.3 Å². The number of rotatable bonds is 3. The molecule has 7 heteroatoms. The number of thiazole rings is 1. The third-order valence-corrected chi connectivity index (χ3v) is 5.88. The maximum Gasteiger partial charge on any atom is 0.239 e. The second kappa shape index (κ2) is 5.79. The van der Waals surface area contributed by atoms with Crippen molar-refractivity contribution in [2.24, 2.45) is 0 Å². The van der Waals surface area contributed by atoms with Crippen LogP contribution in [0, 0.1) is 12.7 Å². The Morgan fingerprint density at radius 1 is 1.22 bits per heavy atom. The van der Waals surface area contributed by atoms with E-state index >= 15 is 0 Å². The lowest BCUT2D eigenvalue weighted by Crippen LogP contribution is -2.38. The normalized spacial score (nSPS) is 19.9. The largest absolute Gasteiger partial charge is 0.454 e. The number of nitrogens with one attached hydrogen (secondary N) is 1. The van der Waals surface area contributed by atoms with Crippen LogP contribution in [0.15, 0.2) is 41.8 Å². The summed E-state index contributed by atoms with van der Waals surface area (Å²) >= 11 is 1.53. The Morgan fingerprint density at radius 2 is 2.07 bits per heavy atom.